The predicted molar refractivity (Wildman–Crippen MR) is 67.3 cm³/mol. The first-order valence-electron chi connectivity index (χ1n) is 5.31. The van der Waals surface area contributed by atoms with Crippen molar-refractivity contribution in [3.8, 4) is 0 Å². The van der Waals surface area contributed by atoms with E-state index in [1.165, 1.54) is 12.7 Å². The van der Waals surface area contributed by atoms with E-state index < -0.39 is 0 Å². The van der Waals surface area contributed by atoms with Gasteiger partial charge in [-0.05, 0) is 25.1 Å². The first kappa shape index (κ1) is 11.1. The molecule has 88 valence electrons. The smallest absolute Gasteiger partial charge is 0.247 e. The Hall–Kier alpha value is -2.37. The first-order chi connectivity index (χ1) is 8.29. The number of anilines is 3. The third-order valence-electron chi connectivity index (χ3n) is 2.19. The van der Waals surface area contributed by atoms with Crippen LogP contribution in [0, 0.1) is 0 Å². The number of nitrogens with zero attached hydrogens (tertiary/aromatic N) is 4. The van der Waals surface area contributed by atoms with Crippen molar-refractivity contribution in [3.63, 3.8) is 0 Å². The van der Waals surface area contributed by atoms with Gasteiger partial charge < -0.3 is 5.73 Å². The van der Waals surface area contributed by atoms with Crippen LogP contribution in [0.4, 0.5) is 17.3 Å². The molecule has 0 spiro atoms. The standard InChI is InChI=1S/C11H14N6/c1-2-17(11-14-7-13-8-15-11)16-10-5-3-4-9(12)6-10/h3-8,16H,2,12H2,1H3. The maximum atomic E-state index is 5.71. The van der Waals surface area contributed by atoms with Gasteiger partial charge in [0.15, 0.2) is 0 Å². The van der Waals surface area contributed by atoms with Crippen molar-refractivity contribution in [1.82, 2.24) is 15.0 Å². The summed E-state index contributed by atoms with van der Waals surface area (Å²) >= 11 is 0. The largest absolute Gasteiger partial charge is 0.399 e. The van der Waals surface area contributed by atoms with Gasteiger partial charge in [-0.25, -0.2) is 4.98 Å². The van der Waals surface area contributed by atoms with Crippen LogP contribution in [-0.2, 0) is 0 Å². The summed E-state index contributed by atoms with van der Waals surface area (Å²) in [6.07, 6.45) is 2.93. The first-order valence-corrected chi connectivity index (χ1v) is 5.31. The molecular formula is C11H14N6. The van der Waals surface area contributed by atoms with E-state index in [1.807, 2.05) is 36.2 Å². The highest BCUT2D eigenvalue weighted by molar-refractivity contribution is 5.56. The van der Waals surface area contributed by atoms with E-state index in [9.17, 15) is 0 Å². The lowest BCUT2D eigenvalue weighted by molar-refractivity contribution is 0.870. The van der Waals surface area contributed by atoms with Crippen molar-refractivity contribution in [2.24, 2.45) is 0 Å². The number of hydrazine groups is 1. The van der Waals surface area contributed by atoms with Gasteiger partial charge in [-0.3, -0.25) is 10.4 Å². The van der Waals surface area contributed by atoms with Crippen LogP contribution < -0.4 is 16.2 Å². The lowest BCUT2D eigenvalue weighted by Crippen LogP contribution is -2.31. The highest BCUT2D eigenvalue weighted by Gasteiger charge is 2.06. The molecule has 0 saturated carbocycles. The fraction of sp³-hybridized carbons (Fsp3) is 0.182. The molecule has 0 aliphatic rings. The number of hydrogen-bond donors (Lipinski definition) is 2. The topological polar surface area (TPSA) is 80.0 Å². The van der Waals surface area contributed by atoms with Crippen LogP contribution in [0.2, 0.25) is 0 Å². The van der Waals surface area contributed by atoms with Gasteiger partial charge in [0.05, 0.1) is 5.69 Å². The normalized spacial score (nSPS) is 9.94. The van der Waals surface area contributed by atoms with Crippen LogP contribution in [0.1, 0.15) is 6.92 Å². The molecule has 1 aromatic carbocycles. The lowest BCUT2D eigenvalue weighted by atomic mass is 10.3. The maximum Gasteiger partial charge on any atom is 0.247 e. The zero-order valence-corrected chi connectivity index (χ0v) is 9.54. The molecule has 0 aliphatic carbocycles. The van der Waals surface area contributed by atoms with Crippen LogP contribution in [0.15, 0.2) is 36.9 Å². The fourth-order valence-corrected chi connectivity index (χ4v) is 1.41. The van der Waals surface area contributed by atoms with E-state index >= 15 is 0 Å². The number of nitrogens with two attached hydrogens (primary N) is 1. The molecule has 0 unspecified atom stereocenters. The minimum absolute atomic E-state index is 0.574. The predicted octanol–water partition coefficient (Wildman–Crippen LogP) is 1.31. The summed E-state index contributed by atoms with van der Waals surface area (Å²) < 4.78 is 0. The number of aromatic nitrogens is 3. The van der Waals surface area contributed by atoms with Gasteiger partial charge in [0.1, 0.15) is 12.7 Å². The molecule has 0 fully saturated rings. The van der Waals surface area contributed by atoms with Crippen LogP contribution in [0.5, 0.6) is 0 Å². The molecule has 6 heteroatoms. The Balaban J connectivity index is 2.16. The van der Waals surface area contributed by atoms with Crippen LogP contribution in [0.25, 0.3) is 0 Å². The van der Waals surface area contributed by atoms with Gasteiger partial charge in [-0.2, -0.15) is 9.97 Å². The molecule has 6 nitrogen and oxygen atoms in total. The highest BCUT2D eigenvalue weighted by atomic mass is 15.5. The minimum atomic E-state index is 0.574. The SMILES string of the molecule is CCN(Nc1cccc(N)c1)c1ncncn1. The molecule has 0 saturated heterocycles. The molecule has 0 atom stereocenters. The molecule has 2 rings (SSSR count). The molecule has 0 amide bonds. The minimum Gasteiger partial charge on any atom is -0.399 e. The summed E-state index contributed by atoms with van der Waals surface area (Å²) in [6.45, 7) is 2.72. The second-order valence-corrected chi connectivity index (χ2v) is 3.42. The van der Waals surface area contributed by atoms with Gasteiger partial charge >= 0.3 is 0 Å². The van der Waals surface area contributed by atoms with Crippen molar-refractivity contribution in [3.05, 3.63) is 36.9 Å². The van der Waals surface area contributed by atoms with Gasteiger partial charge in [0.2, 0.25) is 5.95 Å². The van der Waals surface area contributed by atoms with Gasteiger partial charge in [-0.1, -0.05) is 6.07 Å². The van der Waals surface area contributed by atoms with E-state index in [-0.39, 0.29) is 0 Å². The van der Waals surface area contributed by atoms with E-state index in [2.05, 4.69) is 20.4 Å². The zero-order chi connectivity index (χ0) is 12.1. The Morgan fingerprint density at radius 2 is 2.06 bits per heavy atom. The summed E-state index contributed by atoms with van der Waals surface area (Å²) in [7, 11) is 0. The fourth-order valence-electron chi connectivity index (χ4n) is 1.41. The lowest BCUT2D eigenvalue weighted by Gasteiger charge is -2.22. The van der Waals surface area contributed by atoms with E-state index in [4.69, 9.17) is 5.73 Å². The summed E-state index contributed by atoms with van der Waals surface area (Å²) in [5.74, 6) is 0.574. The average Bonchev–Trinajstić information content (AvgIpc) is 2.37. The van der Waals surface area contributed by atoms with Crippen molar-refractivity contribution < 1.29 is 0 Å². The Bertz CT molecular complexity index is 472. The molecule has 0 radical (unpaired) electrons. The second kappa shape index (κ2) is 5.11. The molecule has 17 heavy (non-hydrogen) atoms. The maximum absolute atomic E-state index is 5.71. The van der Waals surface area contributed by atoms with E-state index in [1.54, 1.807) is 0 Å². The Morgan fingerprint density at radius 3 is 2.71 bits per heavy atom. The molecule has 1 heterocycles. The quantitative estimate of drug-likeness (QED) is 0.609. The molecule has 2 aromatic rings. The number of hydrogen-bond acceptors (Lipinski definition) is 6. The highest BCUT2D eigenvalue weighted by Crippen LogP contribution is 2.14. The third-order valence-corrected chi connectivity index (χ3v) is 2.19. The average molecular weight is 230 g/mol. The number of rotatable bonds is 4. The van der Waals surface area contributed by atoms with Crippen molar-refractivity contribution in [1.29, 1.82) is 0 Å². The Labute approximate surface area is 99.5 Å². The Kier molecular flexibility index (Phi) is 3.34. The van der Waals surface area contributed by atoms with Gasteiger partial charge in [0.25, 0.3) is 0 Å². The van der Waals surface area contributed by atoms with Crippen molar-refractivity contribution in [2.75, 3.05) is 22.7 Å². The van der Waals surface area contributed by atoms with Gasteiger partial charge in [0, 0.05) is 12.2 Å². The zero-order valence-electron chi connectivity index (χ0n) is 9.54. The van der Waals surface area contributed by atoms with E-state index in [0.29, 0.717) is 11.6 Å². The van der Waals surface area contributed by atoms with Gasteiger partial charge in [-0.15, -0.1) is 0 Å². The van der Waals surface area contributed by atoms with Crippen LogP contribution >= 0.6 is 0 Å². The number of benzene rings is 1. The van der Waals surface area contributed by atoms with Crippen LogP contribution in [0.3, 0.4) is 0 Å². The van der Waals surface area contributed by atoms with E-state index in [0.717, 1.165) is 12.2 Å². The third kappa shape index (κ3) is 2.81. The molecular weight excluding hydrogens is 216 g/mol. The summed E-state index contributed by atoms with van der Waals surface area (Å²) in [6, 6.07) is 7.51. The van der Waals surface area contributed by atoms with Crippen molar-refractivity contribution >= 4 is 17.3 Å². The second-order valence-electron chi connectivity index (χ2n) is 3.42. The van der Waals surface area contributed by atoms with Crippen molar-refractivity contribution in [2.45, 2.75) is 6.92 Å². The summed E-state index contributed by atoms with van der Waals surface area (Å²) in [5.41, 5.74) is 10.5. The molecule has 3 N–H and O–H groups in total. The number of nitrogens with one attached hydrogen (secondary N) is 1. The molecule has 1 aromatic heterocycles. The monoisotopic (exact) mass is 230 g/mol. The molecule has 0 aliphatic heterocycles. The Morgan fingerprint density at radius 1 is 1.29 bits per heavy atom. The summed E-state index contributed by atoms with van der Waals surface area (Å²) in [4.78, 5) is 11.9. The molecule has 0 bridgehead atoms. The number of nitrogen functional groups attached to an aromatic ring is 1. The van der Waals surface area contributed by atoms with Crippen LogP contribution in [-0.4, -0.2) is 21.5 Å². The summed E-state index contributed by atoms with van der Waals surface area (Å²) in [5, 5.41) is 1.82.